The van der Waals surface area contributed by atoms with Crippen molar-refractivity contribution in [2.24, 2.45) is 11.1 Å². The molecule has 2 atom stereocenters. The lowest BCUT2D eigenvalue weighted by molar-refractivity contribution is 0.143. The Morgan fingerprint density at radius 3 is 2.53 bits per heavy atom. The Kier molecular flexibility index (Phi) is 5.67. The normalized spacial score (nSPS) is 29.5. The number of rotatable bonds is 6. The maximum absolute atomic E-state index is 6.01. The third-order valence-corrected chi connectivity index (χ3v) is 5.11. The van der Waals surface area contributed by atoms with Crippen molar-refractivity contribution in [1.82, 2.24) is 9.80 Å². The molecule has 2 N–H and O–H groups in total. The lowest BCUT2D eigenvalue weighted by atomic mass is 9.85. The van der Waals surface area contributed by atoms with Gasteiger partial charge in [0.25, 0.3) is 0 Å². The lowest BCUT2D eigenvalue weighted by Crippen LogP contribution is -2.43. The minimum absolute atomic E-state index is 0.325. The molecule has 0 saturated carbocycles. The molecule has 19 heavy (non-hydrogen) atoms. The van der Waals surface area contributed by atoms with Gasteiger partial charge in [0.05, 0.1) is 0 Å². The van der Waals surface area contributed by atoms with Gasteiger partial charge >= 0.3 is 0 Å². The van der Waals surface area contributed by atoms with Crippen LogP contribution in [0.2, 0.25) is 0 Å². The number of hydrogen-bond acceptors (Lipinski definition) is 3. The molecule has 0 aliphatic carbocycles. The lowest BCUT2D eigenvalue weighted by Gasteiger charge is -2.34. The van der Waals surface area contributed by atoms with Gasteiger partial charge in [0.15, 0.2) is 0 Å². The highest BCUT2D eigenvalue weighted by molar-refractivity contribution is 4.88. The molecule has 2 aliphatic rings. The quantitative estimate of drug-likeness (QED) is 0.801. The number of nitrogens with two attached hydrogens (primary N) is 1. The van der Waals surface area contributed by atoms with E-state index >= 15 is 0 Å². The van der Waals surface area contributed by atoms with Crippen molar-refractivity contribution in [1.29, 1.82) is 0 Å². The molecule has 0 aromatic heterocycles. The molecule has 0 amide bonds. The van der Waals surface area contributed by atoms with Gasteiger partial charge in [-0.2, -0.15) is 0 Å². The van der Waals surface area contributed by atoms with E-state index in [4.69, 9.17) is 5.73 Å². The maximum atomic E-state index is 6.01. The van der Waals surface area contributed by atoms with Gasteiger partial charge in [0.2, 0.25) is 0 Å². The summed E-state index contributed by atoms with van der Waals surface area (Å²) in [6.45, 7) is 11.9. The SMILES string of the molecule is CCCC(C)(CN)CN1CCC(N2CCCCC2)C1. The third kappa shape index (κ3) is 4.17. The van der Waals surface area contributed by atoms with E-state index in [1.807, 2.05) is 0 Å². The van der Waals surface area contributed by atoms with Crippen LogP contribution in [0.15, 0.2) is 0 Å². The van der Waals surface area contributed by atoms with Crippen LogP contribution in [0, 0.1) is 5.41 Å². The molecule has 0 radical (unpaired) electrons. The highest BCUT2D eigenvalue weighted by atomic mass is 15.3. The maximum Gasteiger partial charge on any atom is 0.0235 e. The zero-order chi connectivity index (χ0) is 13.7. The Balaban J connectivity index is 1.80. The first-order valence-electron chi connectivity index (χ1n) is 8.33. The van der Waals surface area contributed by atoms with Crippen molar-refractivity contribution < 1.29 is 0 Å². The smallest absolute Gasteiger partial charge is 0.0235 e. The zero-order valence-electron chi connectivity index (χ0n) is 13.0. The zero-order valence-corrected chi connectivity index (χ0v) is 13.0. The van der Waals surface area contributed by atoms with Crippen LogP contribution in [-0.4, -0.2) is 55.1 Å². The summed E-state index contributed by atoms with van der Waals surface area (Å²) in [5.41, 5.74) is 6.34. The fourth-order valence-corrected chi connectivity index (χ4v) is 3.93. The summed E-state index contributed by atoms with van der Waals surface area (Å²) in [5.74, 6) is 0. The summed E-state index contributed by atoms with van der Waals surface area (Å²) >= 11 is 0. The van der Waals surface area contributed by atoms with Crippen molar-refractivity contribution >= 4 is 0 Å². The van der Waals surface area contributed by atoms with Crippen molar-refractivity contribution in [2.75, 3.05) is 39.3 Å². The summed E-state index contributed by atoms with van der Waals surface area (Å²) in [4.78, 5) is 5.41. The van der Waals surface area contributed by atoms with Gasteiger partial charge in [-0.3, -0.25) is 4.90 Å². The van der Waals surface area contributed by atoms with E-state index in [-0.39, 0.29) is 0 Å². The molecule has 0 bridgehead atoms. The molecule has 0 aromatic rings. The summed E-state index contributed by atoms with van der Waals surface area (Å²) < 4.78 is 0. The summed E-state index contributed by atoms with van der Waals surface area (Å²) in [6.07, 6.45) is 8.13. The van der Waals surface area contributed by atoms with Crippen molar-refractivity contribution in [3.05, 3.63) is 0 Å². The average molecular weight is 267 g/mol. The molecule has 2 fully saturated rings. The molecule has 3 heteroatoms. The van der Waals surface area contributed by atoms with E-state index in [1.165, 1.54) is 71.2 Å². The molecule has 2 rings (SSSR count). The van der Waals surface area contributed by atoms with Crippen molar-refractivity contribution in [2.45, 2.75) is 58.4 Å². The first-order chi connectivity index (χ1) is 9.17. The fourth-order valence-electron chi connectivity index (χ4n) is 3.93. The van der Waals surface area contributed by atoms with Gasteiger partial charge in [0.1, 0.15) is 0 Å². The molecule has 0 aromatic carbocycles. The molecule has 2 aliphatic heterocycles. The Morgan fingerprint density at radius 2 is 1.89 bits per heavy atom. The van der Waals surface area contributed by atoms with Crippen LogP contribution in [0.5, 0.6) is 0 Å². The van der Waals surface area contributed by atoms with E-state index in [0.717, 1.165) is 12.6 Å². The van der Waals surface area contributed by atoms with Crippen LogP contribution in [0.3, 0.4) is 0 Å². The van der Waals surface area contributed by atoms with Gasteiger partial charge in [0, 0.05) is 19.1 Å². The predicted molar refractivity (Wildman–Crippen MR) is 82.3 cm³/mol. The molecule has 0 spiro atoms. The van der Waals surface area contributed by atoms with Crippen molar-refractivity contribution in [3.63, 3.8) is 0 Å². The van der Waals surface area contributed by atoms with Crippen molar-refractivity contribution in [3.8, 4) is 0 Å². The van der Waals surface area contributed by atoms with Gasteiger partial charge in [-0.15, -0.1) is 0 Å². The highest BCUT2D eigenvalue weighted by Gasteiger charge is 2.32. The van der Waals surface area contributed by atoms with E-state index in [0.29, 0.717) is 5.41 Å². The first-order valence-corrected chi connectivity index (χ1v) is 8.33. The topological polar surface area (TPSA) is 32.5 Å². The molecule has 2 unspecified atom stereocenters. The van der Waals surface area contributed by atoms with Crippen LogP contribution < -0.4 is 5.73 Å². The molecular weight excluding hydrogens is 234 g/mol. The molecule has 3 nitrogen and oxygen atoms in total. The van der Waals surface area contributed by atoms with E-state index in [1.54, 1.807) is 0 Å². The number of piperidine rings is 1. The summed E-state index contributed by atoms with van der Waals surface area (Å²) in [7, 11) is 0. The molecule has 112 valence electrons. The number of hydrogen-bond donors (Lipinski definition) is 1. The second-order valence-electron chi connectivity index (χ2n) is 7.04. The van der Waals surface area contributed by atoms with Gasteiger partial charge < -0.3 is 10.6 Å². The fraction of sp³-hybridized carbons (Fsp3) is 1.00. The highest BCUT2D eigenvalue weighted by Crippen LogP contribution is 2.27. The van der Waals surface area contributed by atoms with Gasteiger partial charge in [-0.1, -0.05) is 26.7 Å². The summed E-state index contributed by atoms with van der Waals surface area (Å²) in [5, 5.41) is 0. The van der Waals surface area contributed by atoms with Crippen LogP contribution in [0.25, 0.3) is 0 Å². The molecular formula is C16H33N3. The number of nitrogens with zero attached hydrogens (tertiary/aromatic N) is 2. The minimum atomic E-state index is 0.325. The molecule has 2 saturated heterocycles. The Hall–Kier alpha value is -0.120. The Morgan fingerprint density at radius 1 is 1.16 bits per heavy atom. The molecule has 2 heterocycles. The summed E-state index contributed by atoms with van der Waals surface area (Å²) in [6, 6.07) is 0.823. The van der Waals surface area contributed by atoms with E-state index < -0.39 is 0 Å². The van der Waals surface area contributed by atoms with E-state index in [2.05, 4.69) is 23.6 Å². The van der Waals surface area contributed by atoms with E-state index in [9.17, 15) is 0 Å². The monoisotopic (exact) mass is 267 g/mol. The second-order valence-corrected chi connectivity index (χ2v) is 7.04. The van der Waals surface area contributed by atoms with Crippen LogP contribution >= 0.6 is 0 Å². The van der Waals surface area contributed by atoms with Gasteiger partial charge in [-0.05, 0) is 57.3 Å². The Bertz CT molecular complexity index is 263. The standard InChI is InChI=1S/C16H33N3/c1-3-8-16(2,13-17)14-18-11-7-15(12-18)19-9-5-4-6-10-19/h15H,3-14,17H2,1-2H3. The predicted octanol–water partition coefficient (Wildman–Crippen LogP) is 2.31. The van der Waals surface area contributed by atoms with Crippen LogP contribution in [-0.2, 0) is 0 Å². The largest absolute Gasteiger partial charge is 0.330 e. The average Bonchev–Trinajstić information content (AvgIpc) is 2.88. The third-order valence-electron chi connectivity index (χ3n) is 5.11. The first kappa shape index (κ1) is 15.3. The Labute approximate surface area is 119 Å². The van der Waals surface area contributed by atoms with Crippen LogP contribution in [0.1, 0.15) is 52.4 Å². The number of likely N-dealkylation sites (tertiary alicyclic amines) is 2. The second kappa shape index (κ2) is 7.05. The van der Waals surface area contributed by atoms with Gasteiger partial charge in [-0.25, -0.2) is 0 Å². The minimum Gasteiger partial charge on any atom is -0.330 e. The van der Waals surface area contributed by atoms with Crippen LogP contribution in [0.4, 0.5) is 0 Å².